The highest BCUT2D eigenvalue weighted by atomic mass is 32.2. The molecule has 0 amide bonds. The Morgan fingerprint density at radius 1 is 1.46 bits per heavy atom. The second-order valence-corrected chi connectivity index (χ2v) is 9.31. The molecule has 26 heavy (non-hydrogen) atoms. The number of aliphatic imine (C=N–C) groups is 1. The molecule has 7 nitrogen and oxygen atoms in total. The van der Waals surface area contributed by atoms with Gasteiger partial charge in [0.2, 0.25) is 10.0 Å². The number of likely N-dealkylation sites (tertiary alicyclic amines) is 1. The van der Waals surface area contributed by atoms with Crippen molar-refractivity contribution in [2.24, 2.45) is 4.99 Å². The third kappa shape index (κ3) is 5.94. The molecular formula is C17H31N5O2S2. The highest BCUT2D eigenvalue weighted by Gasteiger charge is 2.24. The lowest BCUT2D eigenvalue weighted by Crippen LogP contribution is -2.46. The molecule has 1 aliphatic heterocycles. The molecule has 2 heterocycles. The average molecular weight is 402 g/mol. The van der Waals surface area contributed by atoms with E-state index < -0.39 is 10.0 Å². The first-order valence-electron chi connectivity index (χ1n) is 9.24. The maximum atomic E-state index is 12.1. The number of rotatable bonds is 9. The summed E-state index contributed by atoms with van der Waals surface area (Å²) in [4.78, 5) is 9.24. The molecule has 2 N–H and O–H groups in total. The molecule has 148 valence electrons. The van der Waals surface area contributed by atoms with Crippen LogP contribution in [0, 0.1) is 0 Å². The molecule has 0 radical (unpaired) electrons. The predicted molar refractivity (Wildman–Crippen MR) is 108 cm³/mol. The normalized spacial score (nSPS) is 19.0. The topological polar surface area (TPSA) is 77.0 Å². The van der Waals surface area contributed by atoms with Crippen LogP contribution in [-0.2, 0) is 10.0 Å². The third-order valence-corrected chi connectivity index (χ3v) is 7.37. The molecule has 0 bridgehead atoms. The summed E-state index contributed by atoms with van der Waals surface area (Å²) in [6.45, 7) is 8.90. The lowest BCUT2D eigenvalue weighted by molar-refractivity contribution is 0.232. The Morgan fingerprint density at radius 3 is 2.92 bits per heavy atom. The fraction of sp³-hybridized carbons (Fsp3) is 0.706. The maximum absolute atomic E-state index is 12.1. The minimum absolute atomic E-state index is 0.285. The number of nitrogens with one attached hydrogen (secondary N) is 2. The molecule has 1 aliphatic rings. The van der Waals surface area contributed by atoms with Gasteiger partial charge in [0.25, 0.3) is 0 Å². The predicted octanol–water partition coefficient (Wildman–Crippen LogP) is 1.41. The summed E-state index contributed by atoms with van der Waals surface area (Å²) in [5.74, 6) is 0.825. The van der Waals surface area contributed by atoms with Crippen molar-refractivity contribution < 1.29 is 8.42 Å². The van der Waals surface area contributed by atoms with E-state index in [-0.39, 0.29) is 6.54 Å². The highest BCUT2D eigenvalue weighted by Crippen LogP contribution is 2.17. The molecule has 1 fully saturated rings. The number of likely N-dealkylation sites (N-methyl/N-ethyl adjacent to an activating group) is 2. The van der Waals surface area contributed by atoms with Crippen LogP contribution < -0.4 is 10.0 Å². The van der Waals surface area contributed by atoms with Gasteiger partial charge >= 0.3 is 0 Å². The molecule has 2 rings (SSSR count). The Kier molecular flexibility index (Phi) is 8.33. The van der Waals surface area contributed by atoms with Gasteiger partial charge in [0.15, 0.2) is 5.96 Å². The summed E-state index contributed by atoms with van der Waals surface area (Å²) in [5.41, 5.74) is 0. The van der Waals surface area contributed by atoms with Crippen molar-refractivity contribution in [3.63, 3.8) is 0 Å². The zero-order chi connectivity index (χ0) is 19.0. The quantitative estimate of drug-likeness (QED) is 0.372. The number of sulfonamides is 1. The fourth-order valence-electron chi connectivity index (χ4n) is 3.22. The van der Waals surface area contributed by atoms with E-state index in [9.17, 15) is 8.42 Å². The molecule has 9 heteroatoms. The van der Waals surface area contributed by atoms with E-state index >= 15 is 0 Å². The van der Waals surface area contributed by atoms with Crippen molar-refractivity contribution in [1.82, 2.24) is 19.8 Å². The van der Waals surface area contributed by atoms with Crippen LogP contribution in [0.15, 0.2) is 26.7 Å². The van der Waals surface area contributed by atoms with Gasteiger partial charge < -0.3 is 10.2 Å². The molecule has 1 unspecified atom stereocenters. The van der Waals surface area contributed by atoms with E-state index in [1.54, 1.807) is 17.5 Å². The molecule has 0 aromatic carbocycles. The average Bonchev–Trinajstić information content (AvgIpc) is 3.29. The minimum Gasteiger partial charge on any atom is -0.357 e. The molecule has 0 saturated carbocycles. The maximum Gasteiger partial charge on any atom is 0.250 e. The van der Waals surface area contributed by atoms with Crippen LogP contribution in [-0.4, -0.2) is 76.5 Å². The first-order chi connectivity index (χ1) is 12.5. The monoisotopic (exact) mass is 401 g/mol. The van der Waals surface area contributed by atoms with E-state index in [2.05, 4.69) is 31.8 Å². The molecule has 1 aromatic rings. The first-order valence-corrected chi connectivity index (χ1v) is 11.6. The van der Waals surface area contributed by atoms with E-state index in [1.165, 1.54) is 30.7 Å². The Bertz CT molecular complexity index is 661. The summed E-state index contributed by atoms with van der Waals surface area (Å²) in [5, 5.41) is 5.05. The lowest BCUT2D eigenvalue weighted by Gasteiger charge is -2.29. The van der Waals surface area contributed by atoms with Gasteiger partial charge in [-0.25, -0.2) is 13.1 Å². The molecular weight excluding hydrogens is 370 g/mol. The van der Waals surface area contributed by atoms with Crippen molar-refractivity contribution in [3.05, 3.63) is 17.5 Å². The van der Waals surface area contributed by atoms with Gasteiger partial charge in [-0.3, -0.25) is 9.89 Å². The van der Waals surface area contributed by atoms with Crippen LogP contribution in [0.1, 0.15) is 26.7 Å². The molecule has 1 atom stereocenters. The van der Waals surface area contributed by atoms with Crippen LogP contribution >= 0.6 is 11.3 Å². The zero-order valence-corrected chi connectivity index (χ0v) is 17.6. The van der Waals surface area contributed by atoms with E-state index in [0.717, 1.165) is 25.6 Å². The van der Waals surface area contributed by atoms with Crippen LogP contribution in [0.5, 0.6) is 0 Å². The van der Waals surface area contributed by atoms with Gasteiger partial charge in [-0.15, -0.1) is 11.3 Å². The Morgan fingerprint density at radius 2 is 2.27 bits per heavy atom. The van der Waals surface area contributed by atoms with Crippen LogP contribution in [0.3, 0.4) is 0 Å². The number of hydrogen-bond donors (Lipinski definition) is 2. The van der Waals surface area contributed by atoms with Gasteiger partial charge in [0.1, 0.15) is 4.21 Å². The smallest absolute Gasteiger partial charge is 0.250 e. The summed E-state index contributed by atoms with van der Waals surface area (Å²) in [7, 11) is -1.37. The van der Waals surface area contributed by atoms with E-state index in [4.69, 9.17) is 0 Å². The number of nitrogens with zero attached hydrogens (tertiary/aromatic N) is 3. The van der Waals surface area contributed by atoms with Gasteiger partial charge in [-0.2, -0.15) is 0 Å². The highest BCUT2D eigenvalue weighted by molar-refractivity contribution is 7.91. The second-order valence-electron chi connectivity index (χ2n) is 6.37. The lowest BCUT2D eigenvalue weighted by atomic mass is 10.2. The van der Waals surface area contributed by atoms with Crippen molar-refractivity contribution in [2.75, 3.05) is 46.3 Å². The Balaban J connectivity index is 1.87. The van der Waals surface area contributed by atoms with Crippen LogP contribution in [0.25, 0.3) is 0 Å². The SMILES string of the molecule is CCNC(=NCCNS(=O)(=O)c1cccs1)N(C)CC1CCCN1CC. The molecule has 0 spiro atoms. The van der Waals surface area contributed by atoms with Crippen molar-refractivity contribution >= 4 is 27.3 Å². The number of guanidine groups is 1. The zero-order valence-electron chi connectivity index (χ0n) is 15.9. The largest absolute Gasteiger partial charge is 0.357 e. The second kappa shape index (κ2) is 10.2. The Hall–Kier alpha value is -1.16. The van der Waals surface area contributed by atoms with Crippen LogP contribution in [0.2, 0.25) is 0 Å². The van der Waals surface area contributed by atoms with Gasteiger partial charge in [-0.1, -0.05) is 13.0 Å². The van der Waals surface area contributed by atoms with Crippen LogP contribution in [0.4, 0.5) is 0 Å². The summed E-state index contributed by atoms with van der Waals surface area (Å²) in [6, 6.07) is 3.90. The molecule has 1 saturated heterocycles. The minimum atomic E-state index is -3.42. The van der Waals surface area contributed by atoms with Gasteiger partial charge in [0.05, 0.1) is 6.54 Å². The summed E-state index contributed by atoms with van der Waals surface area (Å²) >= 11 is 1.22. The van der Waals surface area contributed by atoms with Crippen molar-refractivity contribution in [2.45, 2.75) is 36.9 Å². The molecule has 1 aromatic heterocycles. The molecule has 0 aliphatic carbocycles. The standard InChI is InChI=1S/C17H31N5O2S2/c1-4-18-17(21(3)14-15-8-6-12-22(15)5-2)19-10-11-20-26(23,24)16-9-7-13-25-16/h7,9,13,15,20H,4-6,8,10-12,14H2,1-3H3,(H,18,19). The summed E-state index contributed by atoms with van der Waals surface area (Å²) in [6.07, 6.45) is 2.47. The third-order valence-electron chi connectivity index (χ3n) is 4.51. The number of hydrogen-bond acceptors (Lipinski definition) is 5. The van der Waals surface area contributed by atoms with Crippen molar-refractivity contribution in [1.29, 1.82) is 0 Å². The first kappa shape index (κ1) is 21.1. The fourth-order valence-corrected chi connectivity index (χ4v) is 5.28. The van der Waals surface area contributed by atoms with Gasteiger partial charge in [-0.05, 0) is 44.3 Å². The van der Waals surface area contributed by atoms with E-state index in [1.807, 2.05) is 14.0 Å². The van der Waals surface area contributed by atoms with Gasteiger partial charge in [0, 0.05) is 32.7 Å². The number of thiophene rings is 1. The summed E-state index contributed by atoms with van der Waals surface area (Å²) < 4.78 is 27.2. The van der Waals surface area contributed by atoms with E-state index in [0.29, 0.717) is 16.8 Å². The van der Waals surface area contributed by atoms with Crippen molar-refractivity contribution in [3.8, 4) is 0 Å². The Labute approximate surface area is 161 Å².